The molecule has 8 nitrogen and oxygen atoms in total. The maximum absolute atomic E-state index is 5.99. The number of aryl methyl sites for hydroxylation is 1. The van der Waals surface area contributed by atoms with Gasteiger partial charge in [0.2, 0.25) is 0 Å². The van der Waals surface area contributed by atoms with Gasteiger partial charge in [-0.05, 0) is 48.7 Å². The van der Waals surface area contributed by atoms with Crippen LogP contribution in [0.2, 0.25) is 0 Å². The number of nitrogens with zero attached hydrogens (tertiary/aromatic N) is 5. The Morgan fingerprint density at radius 3 is 2.58 bits per heavy atom. The van der Waals surface area contributed by atoms with E-state index in [2.05, 4.69) is 44.3 Å². The first-order chi connectivity index (χ1) is 17.8. The van der Waals surface area contributed by atoms with Crippen molar-refractivity contribution in [2.24, 2.45) is 5.10 Å². The minimum absolute atomic E-state index is 0.340. The Morgan fingerprint density at radius 2 is 1.75 bits per heavy atom. The van der Waals surface area contributed by atoms with Gasteiger partial charge in [0.15, 0.2) is 17.1 Å². The largest absolute Gasteiger partial charge is 0.490 e. The van der Waals surface area contributed by atoms with Gasteiger partial charge in [0.05, 0.1) is 18.3 Å². The number of fused-ring (bicyclic) bond motifs is 3. The van der Waals surface area contributed by atoms with Crippen LogP contribution >= 0.6 is 0 Å². The van der Waals surface area contributed by atoms with Gasteiger partial charge in [-0.2, -0.15) is 10.1 Å². The van der Waals surface area contributed by atoms with Crippen molar-refractivity contribution in [2.75, 3.05) is 12.0 Å². The summed E-state index contributed by atoms with van der Waals surface area (Å²) in [5, 5.41) is 14.0. The van der Waals surface area contributed by atoms with E-state index in [1.54, 1.807) is 6.21 Å². The van der Waals surface area contributed by atoms with Crippen LogP contribution in [0.3, 0.4) is 0 Å². The summed E-state index contributed by atoms with van der Waals surface area (Å²) in [6.45, 7) is 5.95. The molecule has 0 saturated heterocycles. The molecule has 0 aliphatic heterocycles. The molecule has 36 heavy (non-hydrogen) atoms. The minimum atomic E-state index is 0.340. The van der Waals surface area contributed by atoms with Crippen LogP contribution in [0, 0.1) is 0 Å². The fourth-order valence-electron chi connectivity index (χ4n) is 4.09. The van der Waals surface area contributed by atoms with E-state index in [0.717, 1.165) is 46.2 Å². The van der Waals surface area contributed by atoms with E-state index in [-0.39, 0.29) is 0 Å². The molecular formula is C28H28N6O2. The number of nitrogens with one attached hydrogen (secondary N) is 1. The Morgan fingerprint density at radius 1 is 0.917 bits per heavy atom. The fraction of sp³-hybridized carbons (Fsp3) is 0.214. The topological polar surface area (TPSA) is 86.5 Å². The van der Waals surface area contributed by atoms with E-state index in [1.165, 1.54) is 0 Å². The van der Waals surface area contributed by atoms with Gasteiger partial charge in [-0.3, -0.25) is 0 Å². The van der Waals surface area contributed by atoms with Crippen LogP contribution in [0.1, 0.15) is 31.4 Å². The second-order valence-corrected chi connectivity index (χ2v) is 8.26. The van der Waals surface area contributed by atoms with E-state index in [1.807, 2.05) is 67.6 Å². The van der Waals surface area contributed by atoms with E-state index in [9.17, 15) is 0 Å². The van der Waals surface area contributed by atoms with Crippen LogP contribution in [0.25, 0.3) is 22.1 Å². The van der Waals surface area contributed by atoms with Crippen molar-refractivity contribution in [2.45, 2.75) is 33.4 Å². The van der Waals surface area contributed by atoms with Gasteiger partial charge in [0.25, 0.3) is 5.95 Å². The number of anilines is 1. The highest BCUT2D eigenvalue weighted by atomic mass is 16.5. The first-order valence-electron chi connectivity index (χ1n) is 12.1. The van der Waals surface area contributed by atoms with Crippen molar-refractivity contribution in [1.29, 1.82) is 0 Å². The van der Waals surface area contributed by atoms with Gasteiger partial charge < -0.3 is 14.0 Å². The first kappa shape index (κ1) is 23.3. The Kier molecular flexibility index (Phi) is 7.02. The maximum atomic E-state index is 5.99. The highest BCUT2D eigenvalue weighted by molar-refractivity contribution is 6.04. The van der Waals surface area contributed by atoms with Gasteiger partial charge in [0.1, 0.15) is 12.1 Å². The van der Waals surface area contributed by atoms with Crippen LogP contribution in [0.4, 0.5) is 5.95 Å². The number of hydrogen-bond acceptors (Lipinski definition) is 7. The lowest BCUT2D eigenvalue weighted by Gasteiger charge is -2.12. The predicted octanol–water partition coefficient (Wildman–Crippen LogP) is 5.81. The minimum Gasteiger partial charge on any atom is -0.490 e. The van der Waals surface area contributed by atoms with Gasteiger partial charge in [-0.1, -0.05) is 55.5 Å². The molecule has 3 aromatic carbocycles. The first-order valence-corrected chi connectivity index (χ1v) is 12.1. The van der Waals surface area contributed by atoms with E-state index < -0.39 is 0 Å². The zero-order valence-electron chi connectivity index (χ0n) is 20.4. The molecule has 0 fully saturated rings. The molecule has 0 saturated carbocycles. The molecule has 0 unspecified atom stereocenters. The lowest BCUT2D eigenvalue weighted by Crippen LogP contribution is -2.03. The quantitative estimate of drug-likeness (QED) is 0.200. The molecule has 182 valence electrons. The monoisotopic (exact) mass is 480 g/mol. The van der Waals surface area contributed by atoms with Crippen molar-refractivity contribution < 1.29 is 9.47 Å². The van der Waals surface area contributed by atoms with Crippen molar-refractivity contribution in [3.8, 4) is 11.5 Å². The fourth-order valence-corrected chi connectivity index (χ4v) is 4.09. The third-order valence-electron chi connectivity index (χ3n) is 5.70. The number of hydrogen-bond donors (Lipinski definition) is 1. The molecular weight excluding hydrogens is 452 g/mol. The normalized spacial score (nSPS) is 11.4. The van der Waals surface area contributed by atoms with Gasteiger partial charge in [-0.25, -0.2) is 5.43 Å². The molecule has 1 N–H and O–H groups in total. The molecule has 0 spiro atoms. The third kappa shape index (κ3) is 4.98. The highest BCUT2D eigenvalue weighted by Crippen LogP contribution is 2.29. The summed E-state index contributed by atoms with van der Waals surface area (Å²) >= 11 is 0. The number of ether oxygens (including phenoxy) is 2. The Bertz CT molecular complexity index is 1500. The van der Waals surface area contributed by atoms with E-state index >= 15 is 0 Å². The van der Waals surface area contributed by atoms with Crippen LogP contribution in [0.5, 0.6) is 11.5 Å². The summed E-state index contributed by atoms with van der Waals surface area (Å²) in [6.07, 6.45) is 2.69. The molecule has 5 rings (SSSR count). The summed E-state index contributed by atoms with van der Waals surface area (Å²) in [4.78, 5) is 4.70. The third-order valence-corrected chi connectivity index (χ3v) is 5.70. The summed E-state index contributed by atoms with van der Waals surface area (Å²) in [7, 11) is 0. The average molecular weight is 481 g/mol. The summed E-state index contributed by atoms with van der Waals surface area (Å²) in [5.41, 5.74) is 7.56. The lowest BCUT2D eigenvalue weighted by atomic mass is 10.2. The lowest BCUT2D eigenvalue weighted by molar-refractivity contribution is 0.269. The van der Waals surface area contributed by atoms with Crippen LogP contribution < -0.4 is 14.9 Å². The second kappa shape index (κ2) is 10.9. The van der Waals surface area contributed by atoms with Crippen LogP contribution in [0.15, 0.2) is 77.9 Å². The van der Waals surface area contributed by atoms with E-state index in [0.29, 0.717) is 30.7 Å². The molecule has 0 bridgehead atoms. The number of para-hydroxylation sites is 1. The molecule has 0 aliphatic rings. The molecule has 5 aromatic rings. The average Bonchev–Trinajstić information content (AvgIpc) is 3.22. The number of benzene rings is 3. The number of aromatic nitrogens is 4. The predicted molar refractivity (Wildman–Crippen MR) is 143 cm³/mol. The van der Waals surface area contributed by atoms with Gasteiger partial charge in [0, 0.05) is 11.9 Å². The SMILES string of the molecule is CCCn1c2ccccc2c2nnc(N/N=C/c3ccc(OCc4ccccc4)c(OCC)c3)nc21. The number of hydrazone groups is 1. The van der Waals surface area contributed by atoms with Gasteiger partial charge in [-0.15, -0.1) is 10.2 Å². The molecule has 0 aliphatic carbocycles. The molecule has 8 heteroatoms. The Balaban J connectivity index is 1.33. The zero-order chi connectivity index (χ0) is 24.7. The van der Waals surface area contributed by atoms with E-state index in [4.69, 9.17) is 14.5 Å². The molecule has 0 amide bonds. The zero-order valence-corrected chi connectivity index (χ0v) is 20.4. The van der Waals surface area contributed by atoms with Crippen LogP contribution in [-0.4, -0.2) is 32.6 Å². The second-order valence-electron chi connectivity index (χ2n) is 8.26. The molecule has 0 atom stereocenters. The van der Waals surface area contributed by atoms with Crippen molar-refractivity contribution in [1.82, 2.24) is 19.7 Å². The van der Waals surface area contributed by atoms with Crippen LogP contribution in [-0.2, 0) is 13.2 Å². The highest BCUT2D eigenvalue weighted by Gasteiger charge is 2.14. The standard InChI is InChI=1S/C28H28N6O2/c1-3-16-34-23-13-9-8-12-22(23)26-27(34)30-28(33-31-26)32-29-18-21-14-15-24(25(17-21)35-4-2)36-19-20-10-6-5-7-11-20/h5-15,17-18H,3-4,16,19H2,1-2H3,(H,30,32,33)/b29-18+. The maximum Gasteiger partial charge on any atom is 0.265 e. The Hall–Kier alpha value is -4.46. The summed E-state index contributed by atoms with van der Waals surface area (Å²) < 4.78 is 14.0. The Labute approximate surface area is 209 Å². The smallest absolute Gasteiger partial charge is 0.265 e. The molecule has 2 aromatic heterocycles. The summed E-state index contributed by atoms with van der Waals surface area (Å²) in [5.74, 6) is 1.69. The van der Waals surface area contributed by atoms with Crippen molar-refractivity contribution >= 4 is 34.2 Å². The number of rotatable bonds is 10. The summed E-state index contributed by atoms with van der Waals surface area (Å²) in [6, 6.07) is 23.9. The van der Waals surface area contributed by atoms with Crippen molar-refractivity contribution in [3.63, 3.8) is 0 Å². The molecule has 2 heterocycles. The van der Waals surface area contributed by atoms with Crippen molar-refractivity contribution in [3.05, 3.63) is 83.9 Å². The van der Waals surface area contributed by atoms with Gasteiger partial charge >= 0.3 is 0 Å². The molecule has 0 radical (unpaired) electrons.